The molecular formula is C12H18O4. The molecule has 1 aliphatic heterocycles. The Morgan fingerprint density at radius 2 is 2.19 bits per heavy atom. The van der Waals surface area contributed by atoms with Gasteiger partial charge >= 0.3 is 5.97 Å². The first kappa shape index (κ1) is 12.9. The normalized spacial score (nSPS) is 27.2. The van der Waals surface area contributed by atoms with E-state index in [-0.39, 0.29) is 36.3 Å². The lowest BCUT2D eigenvalue weighted by molar-refractivity contribution is -0.142. The van der Waals surface area contributed by atoms with Gasteiger partial charge in [-0.15, -0.1) is 6.58 Å². The van der Waals surface area contributed by atoms with Gasteiger partial charge in [-0.2, -0.15) is 0 Å². The number of rotatable bonds is 7. The lowest BCUT2D eigenvalue weighted by atomic mass is 9.97. The minimum atomic E-state index is -0.359. The Kier molecular flexibility index (Phi) is 4.24. The van der Waals surface area contributed by atoms with Gasteiger partial charge in [-0.25, -0.2) is 0 Å². The van der Waals surface area contributed by atoms with E-state index < -0.39 is 0 Å². The predicted molar refractivity (Wildman–Crippen MR) is 59.0 cm³/mol. The Bertz CT molecular complexity index is 297. The fourth-order valence-electron chi connectivity index (χ4n) is 1.68. The zero-order valence-corrected chi connectivity index (χ0v) is 9.82. The van der Waals surface area contributed by atoms with E-state index in [0.29, 0.717) is 0 Å². The molecule has 0 bridgehead atoms. The maximum absolute atomic E-state index is 11.6. The monoisotopic (exact) mass is 226 g/mol. The highest BCUT2D eigenvalue weighted by molar-refractivity contribution is 5.89. The molecule has 0 amide bonds. The van der Waals surface area contributed by atoms with E-state index in [4.69, 9.17) is 4.74 Å². The summed E-state index contributed by atoms with van der Waals surface area (Å²) >= 11 is 0. The smallest absolute Gasteiger partial charge is 0.305 e. The van der Waals surface area contributed by atoms with Gasteiger partial charge in [0, 0.05) is 6.42 Å². The first-order valence-corrected chi connectivity index (χ1v) is 5.41. The summed E-state index contributed by atoms with van der Waals surface area (Å²) in [5.41, 5.74) is -0.346. The van der Waals surface area contributed by atoms with Crippen molar-refractivity contribution >= 4 is 11.8 Å². The van der Waals surface area contributed by atoms with Gasteiger partial charge in [-0.3, -0.25) is 9.59 Å². The van der Waals surface area contributed by atoms with Crippen LogP contribution in [0.2, 0.25) is 0 Å². The Morgan fingerprint density at radius 3 is 2.75 bits per heavy atom. The second-order valence-electron chi connectivity index (χ2n) is 4.18. The maximum atomic E-state index is 11.6. The number of ketones is 1. The number of esters is 1. The van der Waals surface area contributed by atoms with Crippen LogP contribution < -0.4 is 0 Å². The summed E-state index contributed by atoms with van der Waals surface area (Å²) in [6.07, 6.45) is 3.41. The highest BCUT2D eigenvalue weighted by atomic mass is 16.6. The molecule has 2 atom stereocenters. The molecule has 0 aromatic rings. The Hall–Kier alpha value is -1.16. The Morgan fingerprint density at radius 1 is 1.50 bits per heavy atom. The van der Waals surface area contributed by atoms with Gasteiger partial charge in [-0.1, -0.05) is 6.08 Å². The van der Waals surface area contributed by atoms with E-state index in [0.717, 1.165) is 12.8 Å². The van der Waals surface area contributed by atoms with Crippen molar-refractivity contribution in [2.24, 2.45) is 0 Å². The van der Waals surface area contributed by atoms with Gasteiger partial charge in [0.15, 0.2) is 5.78 Å². The van der Waals surface area contributed by atoms with Crippen LogP contribution in [-0.2, 0) is 19.1 Å². The molecule has 1 fully saturated rings. The van der Waals surface area contributed by atoms with Gasteiger partial charge in [0.25, 0.3) is 0 Å². The fourth-order valence-corrected chi connectivity index (χ4v) is 1.68. The molecule has 2 unspecified atom stereocenters. The largest absolute Gasteiger partial charge is 0.469 e. The molecule has 0 aromatic carbocycles. The maximum Gasteiger partial charge on any atom is 0.305 e. The van der Waals surface area contributed by atoms with Gasteiger partial charge < -0.3 is 9.47 Å². The van der Waals surface area contributed by atoms with Crippen LogP contribution in [0, 0.1) is 0 Å². The van der Waals surface area contributed by atoms with E-state index >= 15 is 0 Å². The molecule has 0 saturated carbocycles. The van der Waals surface area contributed by atoms with Crippen molar-refractivity contribution in [2.45, 2.75) is 44.3 Å². The molecule has 90 valence electrons. The van der Waals surface area contributed by atoms with Crippen LogP contribution in [0.25, 0.3) is 0 Å². The van der Waals surface area contributed by atoms with Crippen LogP contribution >= 0.6 is 0 Å². The number of ether oxygens (including phenoxy) is 2. The van der Waals surface area contributed by atoms with Gasteiger partial charge in [0.05, 0.1) is 13.5 Å². The summed E-state index contributed by atoms with van der Waals surface area (Å²) in [4.78, 5) is 22.5. The summed E-state index contributed by atoms with van der Waals surface area (Å²) in [7, 11) is 1.31. The lowest BCUT2D eigenvalue weighted by Crippen LogP contribution is -2.18. The first-order chi connectivity index (χ1) is 7.53. The summed E-state index contributed by atoms with van der Waals surface area (Å²) < 4.78 is 9.86. The second kappa shape index (κ2) is 5.25. The second-order valence-corrected chi connectivity index (χ2v) is 4.18. The molecule has 0 radical (unpaired) electrons. The number of carbonyl (C=O) groups excluding carboxylic acids is 2. The van der Waals surface area contributed by atoms with Crippen molar-refractivity contribution in [3.63, 3.8) is 0 Å². The number of methoxy groups -OCH3 is 1. The molecule has 1 aliphatic rings. The molecule has 16 heavy (non-hydrogen) atoms. The number of allylic oxidation sites excluding steroid dienone is 1. The summed E-state index contributed by atoms with van der Waals surface area (Å²) in [5.74, 6) is -0.376. The Labute approximate surface area is 95.6 Å². The molecule has 0 aliphatic carbocycles. The van der Waals surface area contributed by atoms with E-state index in [1.165, 1.54) is 7.11 Å². The predicted octanol–water partition coefficient (Wildman–Crippen LogP) is 1.63. The third-order valence-electron chi connectivity index (χ3n) is 2.82. The van der Waals surface area contributed by atoms with Gasteiger partial charge in [-0.05, 0) is 19.8 Å². The van der Waals surface area contributed by atoms with Crippen LogP contribution in [0.15, 0.2) is 12.7 Å². The first-order valence-electron chi connectivity index (χ1n) is 5.41. The van der Waals surface area contributed by atoms with Crippen molar-refractivity contribution in [2.75, 3.05) is 7.11 Å². The minimum Gasteiger partial charge on any atom is -0.469 e. The summed E-state index contributed by atoms with van der Waals surface area (Å²) in [6, 6.07) is 0. The van der Waals surface area contributed by atoms with Gasteiger partial charge in [0.2, 0.25) is 0 Å². The number of hydrogen-bond acceptors (Lipinski definition) is 4. The number of Topliss-reactive ketones (excluding diaryl/α,β-unsaturated/α-hetero) is 1. The van der Waals surface area contributed by atoms with Crippen LogP contribution in [0.5, 0.6) is 0 Å². The lowest BCUT2D eigenvalue weighted by Gasteiger charge is -2.02. The standard InChI is InChI=1S/C12H18O4/c1-4-5-8-12(2)11(16-12)9(13)6-7-10(14)15-3/h4,11H,1,5-8H2,2-3H3. The van der Waals surface area contributed by atoms with Crippen LogP contribution in [0.4, 0.5) is 0 Å². The zero-order valence-electron chi connectivity index (χ0n) is 9.82. The SMILES string of the molecule is C=CCCC1(C)OC1C(=O)CCC(=O)OC. The molecular weight excluding hydrogens is 208 g/mol. The van der Waals surface area contributed by atoms with Crippen molar-refractivity contribution in [1.82, 2.24) is 0 Å². The van der Waals surface area contributed by atoms with E-state index in [1.807, 2.05) is 13.0 Å². The van der Waals surface area contributed by atoms with Gasteiger partial charge in [0.1, 0.15) is 11.7 Å². The highest BCUT2D eigenvalue weighted by Gasteiger charge is 2.55. The average Bonchev–Trinajstić information content (AvgIpc) is 2.96. The quantitative estimate of drug-likeness (QED) is 0.376. The van der Waals surface area contributed by atoms with E-state index in [9.17, 15) is 9.59 Å². The number of carbonyl (C=O) groups is 2. The fraction of sp³-hybridized carbons (Fsp3) is 0.667. The van der Waals surface area contributed by atoms with Crippen molar-refractivity contribution < 1.29 is 19.1 Å². The molecule has 0 N–H and O–H groups in total. The molecule has 4 nitrogen and oxygen atoms in total. The molecule has 0 aromatic heterocycles. The van der Waals surface area contributed by atoms with E-state index in [2.05, 4.69) is 11.3 Å². The minimum absolute atomic E-state index is 0.0167. The third-order valence-corrected chi connectivity index (χ3v) is 2.82. The number of epoxide rings is 1. The van der Waals surface area contributed by atoms with Crippen LogP contribution in [-0.4, -0.2) is 30.6 Å². The molecule has 1 rings (SSSR count). The Balaban J connectivity index is 2.30. The summed E-state index contributed by atoms with van der Waals surface area (Å²) in [6.45, 7) is 5.54. The third kappa shape index (κ3) is 3.17. The molecule has 1 saturated heterocycles. The summed E-state index contributed by atoms with van der Waals surface area (Å²) in [5, 5.41) is 0. The topological polar surface area (TPSA) is 55.9 Å². The highest BCUT2D eigenvalue weighted by Crippen LogP contribution is 2.41. The molecule has 0 spiro atoms. The van der Waals surface area contributed by atoms with Crippen molar-refractivity contribution in [3.8, 4) is 0 Å². The average molecular weight is 226 g/mol. The molecule has 1 heterocycles. The van der Waals surface area contributed by atoms with E-state index in [1.54, 1.807) is 0 Å². The van der Waals surface area contributed by atoms with Crippen molar-refractivity contribution in [3.05, 3.63) is 12.7 Å². The van der Waals surface area contributed by atoms with Crippen LogP contribution in [0.1, 0.15) is 32.6 Å². The van der Waals surface area contributed by atoms with Crippen LogP contribution in [0.3, 0.4) is 0 Å². The molecule has 4 heteroatoms. The zero-order chi connectivity index (χ0) is 12.2. The number of hydrogen-bond donors (Lipinski definition) is 0. The van der Waals surface area contributed by atoms with Crippen molar-refractivity contribution in [1.29, 1.82) is 0 Å².